The molecule has 0 saturated heterocycles. The highest BCUT2D eigenvalue weighted by molar-refractivity contribution is 5.25. The number of anilines is 1. The van der Waals surface area contributed by atoms with Crippen molar-refractivity contribution in [1.29, 1.82) is 0 Å². The highest BCUT2D eigenvalue weighted by Crippen LogP contribution is 2.06. The topological polar surface area (TPSA) is 62.7 Å². The highest BCUT2D eigenvalue weighted by Gasteiger charge is 2.06. The first-order valence-corrected chi connectivity index (χ1v) is 5.84. The number of aromatic nitrogens is 3. The SMILES string of the molecule is CCc1nnc(NCC(C)NC)nc1CC. The average Bonchev–Trinajstić information content (AvgIpc) is 2.35. The lowest BCUT2D eigenvalue weighted by Crippen LogP contribution is -2.30. The van der Waals surface area contributed by atoms with Crippen LogP contribution in [0.15, 0.2) is 0 Å². The molecule has 1 rings (SSSR count). The van der Waals surface area contributed by atoms with Gasteiger partial charge in [0.05, 0.1) is 11.4 Å². The third-order valence-electron chi connectivity index (χ3n) is 2.57. The zero-order valence-electron chi connectivity index (χ0n) is 10.5. The van der Waals surface area contributed by atoms with E-state index in [9.17, 15) is 0 Å². The summed E-state index contributed by atoms with van der Waals surface area (Å²) in [5, 5.41) is 14.6. The summed E-state index contributed by atoms with van der Waals surface area (Å²) in [6.45, 7) is 7.05. The van der Waals surface area contributed by atoms with Gasteiger partial charge in [0.2, 0.25) is 5.95 Å². The van der Waals surface area contributed by atoms with E-state index in [1.54, 1.807) is 0 Å². The quantitative estimate of drug-likeness (QED) is 0.754. The van der Waals surface area contributed by atoms with Crippen LogP contribution in [0, 0.1) is 0 Å². The second kappa shape index (κ2) is 6.37. The molecule has 1 atom stereocenters. The summed E-state index contributed by atoms with van der Waals surface area (Å²) < 4.78 is 0. The van der Waals surface area contributed by atoms with Crippen molar-refractivity contribution in [3.63, 3.8) is 0 Å². The van der Waals surface area contributed by atoms with Crippen molar-refractivity contribution in [1.82, 2.24) is 20.5 Å². The second-order valence-corrected chi connectivity index (χ2v) is 3.81. The van der Waals surface area contributed by atoms with Crippen LogP contribution in [0.4, 0.5) is 5.95 Å². The minimum Gasteiger partial charge on any atom is -0.351 e. The van der Waals surface area contributed by atoms with Crippen LogP contribution >= 0.6 is 0 Å². The van der Waals surface area contributed by atoms with E-state index in [1.807, 2.05) is 7.05 Å². The lowest BCUT2D eigenvalue weighted by atomic mass is 10.2. The van der Waals surface area contributed by atoms with Gasteiger partial charge < -0.3 is 10.6 Å². The van der Waals surface area contributed by atoms with Crippen molar-refractivity contribution in [3.8, 4) is 0 Å². The molecule has 0 aliphatic heterocycles. The third kappa shape index (κ3) is 3.41. The number of likely N-dealkylation sites (N-methyl/N-ethyl adjacent to an activating group) is 1. The Bertz CT molecular complexity index is 326. The molecule has 0 aliphatic rings. The van der Waals surface area contributed by atoms with Crippen molar-refractivity contribution in [2.75, 3.05) is 18.9 Å². The molecular weight excluding hydrogens is 202 g/mol. The van der Waals surface area contributed by atoms with E-state index in [0.29, 0.717) is 12.0 Å². The maximum Gasteiger partial charge on any atom is 0.243 e. The van der Waals surface area contributed by atoms with Crippen LogP contribution in [0.3, 0.4) is 0 Å². The Morgan fingerprint density at radius 1 is 1.12 bits per heavy atom. The number of hydrogen-bond donors (Lipinski definition) is 2. The summed E-state index contributed by atoms with van der Waals surface area (Å²) in [6.07, 6.45) is 1.78. The molecule has 90 valence electrons. The van der Waals surface area contributed by atoms with E-state index in [1.165, 1.54) is 0 Å². The molecule has 5 nitrogen and oxygen atoms in total. The number of hydrogen-bond acceptors (Lipinski definition) is 5. The molecule has 16 heavy (non-hydrogen) atoms. The van der Waals surface area contributed by atoms with E-state index >= 15 is 0 Å². The molecule has 0 aliphatic carbocycles. The predicted octanol–water partition coefficient (Wildman–Crippen LogP) is 1.02. The van der Waals surface area contributed by atoms with Gasteiger partial charge in [0, 0.05) is 12.6 Å². The fourth-order valence-electron chi connectivity index (χ4n) is 1.36. The number of nitrogens with zero attached hydrogens (tertiary/aromatic N) is 3. The molecule has 0 fully saturated rings. The first-order chi connectivity index (χ1) is 7.71. The Labute approximate surface area is 97.1 Å². The predicted molar refractivity (Wildman–Crippen MR) is 65.6 cm³/mol. The summed E-state index contributed by atoms with van der Waals surface area (Å²) in [4.78, 5) is 4.46. The largest absolute Gasteiger partial charge is 0.351 e. The van der Waals surface area contributed by atoms with Crippen LogP contribution in [0.2, 0.25) is 0 Å². The maximum absolute atomic E-state index is 4.46. The van der Waals surface area contributed by atoms with Gasteiger partial charge in [0.25, 0.3) is 0 Å². The summed E-state index contributed by atoms with van der Waals surface area (Å²) in [6, 6.07) is 0.388. The molecule has 5 heteroatoms. The molecule has 0 aromatic carbocycles. The summed E-state index contributed by atoms with van der Waals surface area (Å²) in [7, 11) is 1.93. The van der Waals surface area contributed by atoms with Gasteiger partial charge in [-0.3, -0.25) is 0 Å². The van der Waals surface area contributed by atoms with E-state index < -0.39 is 0 Å². The standard InChI is InChI=1S/C11H21N5/c1-5-9-10(6-2)15-16-11(14-9)13-7-8(3)12-4/h8,12H,5-7H2,1-4H3,(H,13,14,16). The minimum atomic E-state index is 0.388. The first kappa shape index (κ1) is 12.8. The minimum absolute atomic E-state index is 0.388. The fraction of sp³-hybridized carbons (Fsp3) is 0.727. The van der Waals surface area contributed by atoms with Gasteiger partial charge in [-0.25, -0.2) is 4.98 Å². The Kier molecular flexibility index (Phi) is 5.11. The zero-order chi connectivity index (χ0) is 12.0. The monoisotopic (exact) mass is 223 g/mol. The lowest BCUT2D eigenvalue weighted by Gasteiger charge is -2.12. The van der Waals surface area contributed by atoms with Gasteiger partial charge >= 0.3 is 0 Å². The summed E-state index contributed by atoms with van der Waals surface area (Å²) in [5.41, 5.74) is 2.03. The molecular formula is C11H21N5. The van der Waals surface area contributed by atoms with Gasteiger partial charge in [-0.15, -0.1) is 5.10 Å². The van der Waals surface area contributed by atoms with Crippen molar-refractivity contribution >= 4 is 5.95 Å². The lowest BCUT2D eigenvalue weighted by molar-refractivity contribution is 0.633. The number of rotatable bonds is 6. The Hall–Kier alpha value is -1.23. The van der Waals surface area contributed by atoms with Gasteiger partial charge in [-0.1, -0.05) is 13.8 Å². The molecule has 1 aromatic rings. The van der Waals surface area contributed by atoms with Gasteiger partial charge in [0.1, 0.15) is 0 Å². The van der Waals surface area contributed by atoms with Crippen LogP contribution in [0.1, 0.15) is 32.2 Å². The Morgan fingerprint density at radius 2 is 1.81 bits per heavy atom. The average molecular weight is 223 g/mol. The van der Waals surface area contributed by atoms with Crippen LogP contribution in [-0.4, -0.2) is 34.8 Å². The summed E-state index contributed by atoms with van der Waals surface area (Å²) >= 11 is 0. The Balaban J connectivity index is 2.67. The van der Waals surface area contributed by atoms with E-state index in [4.69, 9.17) is 0 Å². The van der Waals surface area contributed by atoms with Gasteiger partial charge in [-0.05, 0) is 26.8 Å². The zero-order valence-corrected chi connectivity index (χ0v) is 10.5. The van der Waals surface area contributed by atoms with Crippen LogP contribution < -0.4 is 10.6 Å². The van der Waals surface area contributed by atoms with Crippen LogP contribution in [0.25, 0.3) is 0 Å². The number of nitrogens with one attached hydrogen (secondary N) is 2. The Morgan fingerprint density at radius 3 is 2.38 bits per heavy atom. The van der Waals surface area contributed by atoms with Crippen LogP contribution in [-0.2, 0) is 12.8 Å². The van der Waals surface area contributed by atoms with Crippen molar-refractivity contribution in [2.45, 2.75) is 39.7 Å². The molecule has 0 saturated carbocycles. The molecule has 0 bridgehead atoms. The molecule has 0 amide bonds. The molecule has 0 radical (unpaired) electrons. The van der Waals surface area contributed by atoms with E-state index in [2.05, 4.69) is 46.6 Å². The van der Waals surface area contributed by atoms with E-state index in [0.717, 1.165) is 30.8 Å². The van der Waals surface area contributed by atoms with Crippen LogP contribution in [0.5, 0.6) is 0 Å². The van der Waals surface area contributed by atoms with Crippen molar-refractivity contribution < 1.29 is 0 Å². The normalized spacial score (nSPS) is 12.5. The molecule has 2 N–H and O–H groups in total. The van der Waals surface area contributed by atoms with Crippen molar-refractivity contribution in [2.24, 2.45) is 0 Å². The maximum atomic E-state index is 4.46. The van der Waals surface area contributed by atoms with Gasteiger partial charge in [0.15, 0.2) is 0 Å². The smallest absolute Gasteiger partial charge is 0.243 e. The van der Waals surface area contributed by atoms with Crippen molar-refractivity contribution in [3.05, 3.63) is 11.4 Å². The van der Waals surface area contributed by atoms with E-state index in [-0.39, 0.29) is 0 Å². The molecule has 1 aromatic heterocycles. The second-order valence-electron chi connectivity index (χ2n) is 3.81. The third-order valence-corrected chi connectivity index (χ3v) is 2.57. The highest BCUT2D eigenvalue weighted by atomic mass is 15.2. The number of aryl methyl sites for hydroxylation is 2. The molecule has 0 spiro atoms. The fourth-order valence-corrected chi connectivity index (χ4v) is 1.36. The molecule has 1 heterocycles. The summed E-state index contributed by atoms with van der Waals surface area (Å²) in [5.74, 6) is 0.621. The molecule has 1 unspecified atom stereocenters. The first-order valence-electron chi connectivity index (χ1n) is 5.84. The van der Waals surface area contributed by atoms with Gasteiger partial charge in [-0.2, -0.15) is 5.10 Å².